The summed E-state index contributed by atoms with van der Waals surface area (Å²) < 4.78 is 15.1. The SMILES string of the molecule is O=C(Nc1ccc(Br)cn1)N(S)CCc1cccc(F)c1. The van der Waals surface area contributed by atoms with E-state index in [1.54, 1.807) is 30.5 Å². The standard InChI is InChI=1S/C14H13BrFN3OS/c15-11-4-5-13(17-9-11)18-14(20)19(21)7-6-10-2-1-3-12(16)8-10/h1-5,8-9,21H,6-7H2,(H,17,18,20). The fraction of sp³-hybridized carbons (Fsp3) is 0.143. The molecular weight excluding hydrogens is 357 g/mol. The topological polar surface area (TPSA) is 45.2 Å². The molecule has 2 amide bonds. The van der Waals surface area contributed by atoms with Crippen LogP contribution in [0.1, 0.15) is 5.56 Å². The number of nitrogens with zero attached hydrogens (tertiary/aromatic N) is 2. The Balaban J connectivity index is 1.86. The summed E-state index contributed by atoms with van der Waals surface area (Å²) in [4.78, 5) is 15.9. The van der Waals surface area contributed by atoms with E-state index in [1.807, 2.05) is 0 Å². The van der Waals surface area contributed by atoms with Gasteiger partial charge in [-0.05, 0) is 52.2 Å². The average molecular weight is 370 g/mol. The van der Waals surface area contributed by atoms with Gasteiger partial charge in [0.1, 0.15) is 11.6 Å². The number of carbonyl (C=O) groups is 1. The van der Waals surface area contributed by atoms with Crippen molar-refractivity contribution in [1.82, 2.24) is 9.29 Å². The highest BCUT2D eigenvalue weighted by atomic mass is 79.9. The molecule has 0 saturated heterocycles. The molecule has 4 nitrogen and oxygen atoms in total. The number of nitrogens with one attached hydrogen (secondary N) is 1. The molecule has 0 spiro atoms. The van der Waals surface area contributed by atoms with E-state index in [0.717, 1.165) is 10.0 Å². The summed E-state index contributed by atoms with van der Waals surface area (Å²) in [5.74, 6) is 0.148. The number of thiol groups is 1. The van der Waals surface area contributed by atoms with Gasteiger partial charge in [-0.15, -0.1) is 0 Å². The lowest BCUT2D eigenvalue weighted by Gasteiger charge is -2.16. The van der Waals surface area contributed by atoms with Gasteiger partial charge in [-0.1, -0.05) is 24.9 Å². The minimum absolute atomic E-state index is 0.290. The van der Waals surface area contributed by atoms with Crippen LogP contribution in [0, 0.1) is 5.82 Å². The lowest BCUT2D eigenvalue weighted by Crippen LogP contribution is -2.29. The maximum absolute atomic E-state index is 13.0. The maximum atomic E-state index is 13.0. The van der Waals surface area contributed by atoms with E-state index in [-0.39, 0.29) is 11.8 Å². The summed E-state index contributed by atoms with van der Waals surface area (Å²) >= 11 is 7.39. The summed E-state index contributed by atoms with van der Waals surface area (Å²) in [6.07, 6.45) is 2.10. The Morgan fingerprint density at radius 1 is 1.38 bits per heavy atom. The minimum Gasteiger partial charge on any atom is -0.291 e. The molecule has 0 unspecified atom stereocenters. The molecule has 0 bridgehead atoms. The fourth-order valence-electron chi connectivity index (χ4n) is 1.65. The second-order valence-corrected chi connectivity index (χ2v) is 5.69. The Morgan fingerprint density at radius 2 is 2.19 bits per heavy atom. The summed E-state index contributed by atoms with van der Waals surface area (Å²) in [5.41, 5.74) is 0.809. The Bertz CT molecular complexity index is 624. The molecule has 7 heteroatoms. The van der Waals surface area contributed by atoms with Crippen LogP contribution in [0.3, 0.4) is 0 Å². The summed E-state index contributed by atoms with van der Waals surface area (Å²) in [7, 11) is 0. The number of halogens is 2. The summed E-state index contributed by atoms with van der Waals surface area (Å²) in [6, 6.07) is 9.33. The maximum Gasteiger partial charge on any atom is 0.332 e. The van der Waals surface area contributed by atoms with E-state index in [9.17, 15) is 9.18 Å². The number of pyridine rings is 1. The van der Waals surface area contributed by atoms with Gasteiger partial charge >= 0.3 is 6.03 Å². The van der Waals surface area contributed by atoms with Gasteiger partial charge in [-0.3, -0.25) is 9.62 Å². The molecule has 0 atom stereocenters. The molecule has 1 aromatic heterocycles. The zero-order valence-electron chi connectivity index (χ0n) is 11.0. The predicted octanol–water partition coefficient (Wildman–Crippen LogP) is 3.90. The first-order chi connectivity index (χ1) is 10.0. The van der Waals surface area contributed by atoms with Crippen LogP contribution in [0.15, 0.2) is 47.1 Å². The quantitative estimate of drug-likeness (QED) is 0.802. The number of amides is 2. The first-order valence-electron chi connectivity index (χ1n) is 6.18. The van der Waals surface area contributed by atoms with Crippen LogP contribution < -0.4 is 5.32 Å². The van der Waals surface area contributed by atoms with Crippen molar-refractivity contribution in [3.8, 4) is 0 Å². The molecule has 21 heavy (non-hydrogen) atoms. The van der Waals surface area contributed by atoms with Crippen molar-refractivity contribution in [2.24, 2.45) is 0 Å². The molecule has 1 aromatic carbocycles. The van der Waals surface area contributed by atoms with Crippen LogP contribution in [0.2, 0.25) is 0 Å². The highest BCUT2D eigenvalue weighted by Crippen LogP contribution is 2.12. The molecule has 2 aromatic rings. The average Bonchev–Trinajstić information content (AvgIpc) is 2.47. The van der Waals surface area contributed by atoms with Crippen LogP contribution >= 0.6 is 28.7 Å². The van der Waals surface area contributed by atoms with Crippen molar-refractivity contribution < 1.29 is 9.18 Å². The third kappa shape index (κ3) is 5.02. The van der Waals surface area contributed by atoms with Crippen LogP contribution in [0.4, 0.5) is 15.0 Å². The number of hydrogen-bond acceptors (Lipinski definition) is 3. The van der Waals surface area contributed by atoms with Gasteiger partial charge in [0.25, 0.3) is 0 Å². The van der Waals surface area contributed by atoms with Crippen LogP contribution in [0.25, 0.3) is 0 Å². The van der Waals surface area contributed by atoms with Crippen LogP contribution in [-0.2, 0) is 6.42 Å². The van der Waals surface area contributed by atoms with Gasteiger partial charge in [0.2, 0.25) is 0 Å². The van der Waals surface area contributed by atoms with E-state index >= 15 is 0 Å². The van der Waals surface area contributed by atoms with Gasteiger partial charge in [0.15, 0.2) is 0 Å². The van der Waals surface area contributed by atoms with Crippen molar-refractivity contribution >= 4 is 40.6 Å². The van der Waals surface area contributed by atoms with E-state index in [4.69, 9.17) is 0 Å². The van der Waals surface area contributed by atoms with Crippen molar-refractivity contribution in [2.45, 2.75) is 6.42 Å². The lowest BCUT2D eigenvalue weighted by atomic mass is 10.1. The molecule has 110 valence electrons. The molecule has 0 aliphatic heterocycles. The minimum atomic E-state index is -0.385. The van der Waals surface area contributed by atoms with Gasteiger partial charge in [-0.2, -0.15) is 0 Å². The first-order valence-corrected chi connectivity index (χ1v) is 7.37. The lowest BCUT2D eigenvalue weighted by molar-refractivity contribution is 0.239. The Hall–Kier alpha value is -1.60. The van der Waals surface area contributed by atoms with Crippen LogP contribution in [-0.4, -0.2) is 21.9 Å². The van der Waals surface area contributed by atoms with E-state index in [0.29, 0.717) is 18.8 Å². The van der Waals surface area contributed by atoms with E-state index in [2.05, 4.69) is 39.0 Å². The number of urea groups is 1. The Kier molecular flexibility index (Phi) is 5.58. The van der Waals surface area contributed by atoms with Crippen molar-refractivity contribution in [3.05, 3.63) is 58.4 Å². The third-order valence-electron chi connectivity index (χ3n) is 2.70. The second-order valence-electron chi connectivity index (χ2n) is 4.29. The predicted molar refractivity (Wildman–Crippen MR) is 86.8 cm³/mol. The monoisotopic (exact) mass is 369 g/mol. The molecule has 2 rings (SSSR count). The molecule has 0 aliphatic carbocycles. The zero-order valence-corrected chi connectivity index (χ0v) is 13.4. The van der Waals surface area contributed by atoms with Crippen LogP contribution in [0.5, 0.6) is 0 Å². The zero-order chi connectivity index (χ0) is 15.2. The van der Waals surface area contributed by atoms with Gasteiger partial charge < -0.3 is 0 Å². The normalized spacial score (nSPS) is 10.2. The number of rotatable bonds is 4. The van der Waals surface area contributed by atoms with Crippen molar-refractivity contribution in [1.29, 1.82) is 0 Å². The molecule has 1 heterocycles. The van der Waals surface area contributed by atoms with Gasteiger partial charge in [0, 0.05) is 17.2 Å². The third-order valence-corrected chi connectivity index (χ3v) is 3.55. The smallest absolute Gasteiger partial charge is 0.291 e. The first kappa shape index (κ1) is 15.8. The number of hydrogen-bond donors (Lipinski definition) is 2. The molecule has 0 saturated carbocycles. The highest BCUT2D eigenvalue weighted by molar-refractivity contribution is 9.10. The number of carbonyl (C=O) groups excluding carboxylic acids is 1. The molecule has 0 radical (unpaired) electrons. The van der Waals surface area contributed by atoms with Gasteiger partial charge in [0.05, 0.1) is 0 Å². The second kappa shape index (κ2) is 7.42. The Morgan fingerprint density at radius 3 is 2.86 bits per heavy atom. The fourth-order valence-corrected chi connectivity index (χ4v) is 2.04. The highest BCUT2D eigenvalue weighted by Gasteiger charge is 2.10. The Labute approximate surface area is 136 Å². The van der Waals surface area contributed by atoms with Gasteiger partial charge in [-0.25, -0.2) is 14.2 Å². The molecule has 1 N–H and O–H groups in total. The largest absolute Gasteiger partial charge is 0.332 e. The van der Waals surface area contributed by atoms with Crippen molar-refractivity contribution in [2.75, 3.05) is 11.9 Å². The summed E-state index contributed by atoms with van der Waals surface area (Å²) in [6.45, 7) is 0.356. The molecule has 0 aliphatic rings. The molecule has 0 fully saturated rings. The molecular formula is C14H13BrFN3OS. The van der Waals surface area contributed by atoms with Crippen molar-refractivity contribution in [3.63, 3.8) is 0 Å². The van der Waals surface area contributed by atoms with E-state index in [1.165, 1.54) is 16.4 Å². The van der Waals surface area contributed by atoms with E-state index < -0.39 is 0 Å². The number of aromatic nitrogens is 1. The number of anilines is 1. The number of benzene rings is 1. The summed E-state index contributed by atoms with van der Waals surface area (Å²) in [5, 5.41) is 2.62.